The number of halogens is 1. The number of nitrogens with zero attached hydrogens (tertiary/aromatic N) is 3. The molecule has 2 aromatic carbocycles. The van der Waals surface area contributed by atoms with Crippen molar-refractivity contribution in [3.8, 4) is 17.2 Å². The van der Waals surface area contributed by atoms with E-state index in [0.29, 0.717) is 57.8 Å². The van der Waals surface area contributed by atoms with Crippen LogP contribution in [0.4, 0.5) is 11.4 Å². The number of ether oxygens (including phenoxy) is 2. The molecule has 2 aromatic heterocycles. The molecule has 2 aliphatic carbocycles. The molecule has 316 valence electrons. The maximum absolute atomic E-state index is 13.9. The van der Waals surface area contributed by atoms with Crippen molar-refractivity contribution in [2.75, 3.05) is 50.0 Å². The van der Waals surface area contributed by atoms with Crippen LogP contribution in [-0.2, 0) is 0 Å². The van der Waals surface area contributed by atoms with Gasteiger partial charge in [-0.25, -0.2) is 4.98 Å². The molecule has 2 fully saturated rings. The predicted octanol–water partition coefficient (Wildman–Crippen LogP) is 11.4. The number of rotatable bonds is 17. The minimum absolute atomic E-state index is 0.110. The summed E-state index contributed by atoms with van der Waals surface area (Å²) < 4.78 is 15.6. The van der Waals surface area contributed by atoms with Crippen molar-refractivity contribution in [2.24, 2.45) is 22.7 Å². The summed E-state index contributed by atoms with van der Waals surface area (Å²) in [7, 11) is 0. The van der Waals surface area contributed by atoms with Gasteiger partial charge in [-0.05, 0) is 123 Å². The molecule has 4 N–H and O–H groups in total. The Morgan fingerprint density at radius 2 is 1.88 bits per heavy atom. The van der Waals surface area contributed by atoms with Crippen LogP contribution in [0.25, 0.3) is 11.0 Å². The fourth-order valence-corrected chi connectivity index (χ4v) is 10.2. The van der Waals surface area contributed by atoms with Gasteiger partial charge in [0.05, 0.1) is 24.1 Å². The Labute approximate surface area is 360 Å². The molecule has 0 spiro atoms. The Morgan fingerprint density at radius 1 is 1.10 bits per heavy atom. The summed E-state index contributed by atoms with van der Waals surface area (Å²) in [6, 6.07) is 15.4. The summed E-state index contributed by atoms with van der Waals surface area (Å²) in [6.07, 6.45) is 14.9. The number of allylic oxidation sites excluding steroid dienone is 2. The highest BCUT2D eigenvalue weighted by Gasteiger charge is 2.41. The summed E-state index contributed by atoms with van der Waals surface area (Å²) in [5.41, 5.74) is 13.1. The molecule has 7 rings (SSSR count). The number of alkyl halides is 1. The van der Waals surface area contributed by atoms with Crippen molar-refractivity contribution in [1.82, 2.24) is 19.6 Å². The lowest BCUT2D eigenvalue weighted by molar-refractivity contribution is 0.0166. The number of carbonyl (C=O) groups excluding carboxylic acids is 1. The Bertz CT molecular complexity index is 2130. The molecule has 1 aliphatic heterocycles. The van der Waals surface area contributed by atoms with E-state index in [9.17, 15) is 4.79 Å². The van der Waals surface area contributed by atoms with Gasteiger partial charge >= 0.3 is 0 Å². The third kappa shape index (κ3) is 10.4. The number of hydrogen-bond donors (Lipinski definition) is 3. The smallest absolute Gasteiger partial charge is 0.265 e. The third-order valence-corrected chi connectivity index (χ3v) is 14.1. The van der Waals surface area contributed by atoms with E-state index in [-0.39, 0.29) is 11.3 Å². The van der Waals surface area contributed by atoms with Gasteiger partial charge in [-0.2, -0.15) is 0 Å². The van der Waals surface area contributed by atoms with Crippen molar-refractivity contribution >= 4 is 51.9 Å². The molecule has 11 heteroatoms. The Morgan fingerprint density at radius 3 is 2.59 bits per heavy atom. The average Bonchev–Trinajstić information content (AvgIpc) is 3.68. The van der Waals surface area contributed by atoms with Gasteiger partial charge in [0.25, 0.3) is 5.91 Å². The minimum atomic E-state index is -0.266. The first-order valence-electron chi connectivity index (χ1n) is 21.6. The van der Waals surface area contributed by atoms with Gasteiger partial charge in [-0.15, -0.1) is 18.2 Å². The number of H-pyrrole nitrogens is 1. The van der Waals surface area contributed by atoms with Crippen LogP contribution in [0, 0.1) is 22.7 Å². The quantitative estimate of drug-likeness (QED) is 0.0417. The summed E-state index contributed by atoms with van der Waals surface area (Å²) in [5.74, 6) is 2.34. The van der Waals surface area contributed by atoms with Crippen LogP contribution in [0.2, 0.25) is 0 Å². The monoisotopic (exact) mass is 838 g/mol. The highest BCUT2D eigenvalue weighted by molar-refractivity contribution is 7.98. The molecule has 1 saturated heterocycles. The molecular formula is C48H63ClN6O3S. The summed E-state index contributed by atoms with van der Waals surface area (Å²) in [4.78, 5) is 27.3. The van der Waals surface area contributed by atoms with E-state index in [4.69, 9.17) is 26.8 Å². The van der Waals surface area contributed by atoms with Crippen molar-refractivity contribution in [3.63, 3.8) is 0 Å². The first-order chi connectivity index (χ1) is 28.4. The fourth-order valence-electron chi connectivity index (χ4n) is 9.40. The number of nitrogen functional groups attached to an aromatic ring is 1. The van der Waals surface area contributed by atoms with Crippen molar-refractivity contribution in [3.05, 3.63) is 90.3 Å². The lowest BCUT2D eigenvalue weighted by Gasteiger charge is -2.47. The molecule has 1 saturated carbocycles. The molecule has 2 atom stereocenters. The normalized spacial score (nSPS) is 19.3. The number of aromatic nitrogens is 2. The zero-order chi connectivity index (χ0) is 41.7. The molecule has 3 aliphatic rings. The zero-order valence-corrected chi connectivity index (χ0v) is 37.2. The lowest BCUT2D eigenvalue weighted by Crippen LogP contribution is -2.47. The second-order valence-electron chi connectivity index (χ2n) is 18.0. The summed E-state index contributed by atoms with van der Waals surface area (Å²) in [6.45, 7) is 20.9. The van der Waals surface area contributed by atoms with Gasteiger partial charge in [0.1, 0.15) is 22.9 Å². The van der Waals surface area contributed by atoms with E-state index in [2.05, 4.69) is 71.8 Å². The van der Waals surface area contributed by atoms with Crippen molar-refractivity contribution in [1.29, 1.82) is 0 Å². The number of pyridine rings is 1. The standard InChI is InChI=1S/C48H63ClN6O3S/c1-7-34(22-32(4)49)41-28-47(5,6)16-14-36(41)30-54-18-20-55(21-19-54)37-10-12-40(44(24-37)58-38-23-35-15-17-51-45(35)52-29-38)46(56)53-59-39-11-13-43(42(50)25-39)57-31-33-26-48(8-2,9-3)27-33/h7,10-13,15,17,23-25,29,32-34H,1,8-9,14,16,18-22,26-28,30-31,50H2,2-6H3,(H,51,52)(H,53,56). The Hall–Kier alpha value is -4.12. The molecular weight excluding hydrogens is 776 g/mol. The number of amides is 1. The van der Waals surface area contributed by atoms with Gasteiger partial charge in [-0.1, -0.05) is 57.8 Å². The largest absolute Gasteiger partial charge is 0.491 e. The van der Waals surface area contributed by atoms with Crippen LogP contribution in [0.1, 0.15) is 96.3 Å². The van der Waals surface area contributed by atoms with Gasteiger partial charge in [0, 0.05) is 66.3 Å². The topological polar surface area (TPSA) is 109 Å². The van der Waals surface area contributed by atoms with Gasteiger partial charge < -0.3 is 25.1 Å². The maximum Gasteiger partial charge on any atom is 0.265 e. The van der Waals surface area contributed by atoms with Crippen LogP contribution in [0.15, 0.2) is 89.6 Å². The van der Waals surface area contributed by atoms with E-state index in [0.717, 1.165) is 73.6 Å². The molecule has 3 heterocycles. The minimum Gasteiger partial charge on any atom is -0.491 e. The maximum atomic E-state index is 13.9. The first kappa shape index (κ1) is 43.0. The lowest BCUT2D eigenvalue weighted by atomic mass is 9.59. The van der Waals surface area contributed by atoms with Gasteiger partial charge in [-0.3, -0.25) is 14.4 Å². The van der Waals surface area contributed by atoms with Crippen LogP contribution in [0.5, 0.6) is 17.2 Å². The van der Waals surface area contributed by atoms with E-state index in [1.165, 1.54) is 44.1 Å². The number of fused-ring (bicyclic) bond motifs is 1. The van der Waals surface area contributed by atoms with E-state index < -0.39 is 0 Å². The molecule has 4 aromatic rings. The highest BCUT2D eigenvalue weighted by Crippen LogP contribution is 2.51. The first-order valence-corrected chi connectivity index (χ1v) is 22.8. The fraction of sp³-hybridized carbons (Fsp3) is 0.500. The molecule has 2 unspecified atom stereocenters. The van der Waals surface area contributed by atoms with Gasteiger partial charge in [0.15, 0.2) is 0 Å². The van der Waals surface area contributed by atoms with Crippen LogP contribution < -0.4 is 24.8 Å². The number of carbonyl (C=O) groups is 1. The second-order valence-corrected chi connectivity index (χ2v) is 19.6. The predicted molar refractivity (Wildman–Crippen MR) is 245 cm³/mol. The summed E-state index contributed by atoms with van der Waals surface area (Å²) in [5, 5.41) is 1.04. The number of hydrogen-bond acceptors (Lipinski definition) is 8. The Balaban J connectivity index is 1.02. The number of nitrogens with one attached hydrogen (secondary N) is 2. The van der Waals surface area contributed by atoms with Gasteiger partial charge in [0.2, 0.25) is 0 Å². The van der Waals surface area contributed by atoms with Crippen LogP contribution in [-0.4, -0.2) is 65.5 Å². The van der Waals surface area contributed by atoms with Crippen molar-refractivity contribution in [2.45, 2.75) is 96.3 Å². The second kappa shape index (κ2) is 18.7. The van der Waals surface area contributed by atoms with Crippen molar-refractivity contribution < 1.29 is 14.3 Å². The molecule has 59 heavy (non-hydrogen) atoms. The molecule has 0 bridgehead atoms. The van der Waals surface area contributed by atoms with E-state index in [1.807, 2.05) is 54.7 Å². The number of aromatic amines is 1. The summed E-state index contributed by atoms with van der Waals surface area (Å²) >= 11 is 7.73. The molecule has 1 amide bonds. The molecule has 0 radical (unpaired) electrons. The van der Waals surface area contributed by atoms with E-state index >= 15 is 0 Å². The average molecular weight is 840 g/mol. The van der Waals surface area contributed by atoms with Crippen LogP contribution in [0.3, 0.4) is 0 Å². The SMILES string of the molecule is C=CC(CC(C)Cl)C1=C(CN2CCN(c3ccc(C(=O)NSc4ccc(OCC5CC(CC)(CC)C5)c(N)c4)c(Oc4cnc5[nH]ccc5c4)c3)CC2)CCC(C)(C)C1. The van der Waals surface area contributed by atoms with E-state index in [1.54, 1.807) is 17.3 Å². The number of benzene rings is 2. The number of anilines is 2. The number of piperazine rings is 1. The third-order valence-electron chi connectivity index (χ3n) is 13.2. The van der Waals surface area contributed by atoms with Crippen LogP contribution >= 0.6 is 23.5 Å². The number of nitrogens with two attached hydrogens (primary N) is 1. The Kier molecular flexibility index (Phi) is 13.6. The highest BCUT2D eigenvalue weighted by atomic mass is 35.5. The molecule has 9 nitrogen and oxygen atoms in total. The zero-order valence-electron chi connectivity index (χ0n) is 35.6.